The van der Waals surface area contributed by atoms with Crippen LogP contribution in [0.4, 0.5) is 5.69 Å². The van der Waals surface area contributed by atoms with Gasteiger partial charge in [0.2, 0.25) is 0 Å². The van der Waals surface area contributed by atoms with Gasteiger partial charge in [-0.15, -0.1) is 0 Å². The highest BCUT2D eigenvalue weighted by molar-refractivity contribution is 6.46. The van der Waals surface area contributed by atoms with E-state index >= 15 is 0 Å². The standard InChI is InChI=1S/C8H8Cl3NO/c9-5-1-2-6(10)8(7(5)11)12-3-4-13/h1-2,12-13H,3-4H2. The number of hydrogen-bond acceptors (Lipinski definition) is 2. The number of nitrogens with one attached hydrogen (secondary N) is 1. The average molecular weight is 241 g/mol. The van der Waals surface area contributed by atoms with E-state index in [0.29, 0.717) is 27.3 Å². The van der Waals surface area contributed by atoms with Crippen molar-refractivity contribution in [2.45, 2.75) is 0 Å². The van der Waals surface area contributed by atoms with Gasteiger partial charge in [-0.25, -0.2) is 0 Å². The van der Waals surface area contributed by atoms with Gasteiger partial charge in [0.25, 0.3) is 0 Å². The number of aliphatic hydroxyl groups is 1. The van der Waals surface area contributed by atoms with Gasteiger partial charge in [-0.05, 0) is 12.1 Å². The number of hydrogen-bond donors (Lipinski definition) is 2. The molecular formula is C8H8Cl3NO. The molecule has 0 atom stereocenters. The van der Waals surface area contributed by atoms with Gasteiger partial charge in [0.05, 0.1) is 27.4 Å². The third-order valence-corrected chi connectivity index (χ3v) is 2.58. The summed E-state index contributed by atoms with van der Waals surface area (Å²) >= 11 is 17.5. The van der Waals surface area contributed by atoms with Gasteiger partial charge in [-0.3, -0.25) is 0 Å². The lowest BCUT2D eigenvalue weighted by Gasteiger charge is -2.09. The smallest absolute Gasteiger partial charge is 0.0838 e. The minimum Gasteiger partial charge on any atom is -0.395 e. The second-order valence-electron chi connectivity index (χ2n) is 2.37. The SMILES string of the molecule is OCCNc1c(Cl)ccc(Cl)c1Cl. The van der Waals surface area contributed by atoms with E-state index in [-0.39, 0.29) is 6.61 Å². The summed E-state index contributed by atoms with van der Waals surface area (Å²) in [7, 11) is 0. The molecule has 1 aromatic rings. The van der Waals surface area contributed by atoms with Crippen LogP contribution >= 0.6 is 34.8 Å². The molecule has 1 rings (SSSR count). The highest BCUT2D eigenvalue weighted by Crippen LogP contribution is 2.35. The molecule has 0 amide bonds. The second kappa shape index (κ2) is 4.91. The predicted molar refractivity (Wildman–Crippen MR) is 57.0 cm³/mol. The van der Waals surface area contributed by atoms with E-state index in [1.165, 1.54) is 0 Å². The van der Waals surface area contributed by atoms with E-state index in [2.05, 4.69) is 5.32 Å². The summed E-state index contributed by atoms with van der Waals surface area (Å²) in [5.41, 5.74) is 0.560. The predicted octanol–water partition coefficient (Wildman–Crippen LogP) is 3.05. The zero-order valence-electron chi connectivity index (χ0n) is 6.65. The number of halogens is 3. The Morgan fingerprint density at radius 1 is 1.15 bits per heavy atom. The summed E-state index contributed by atoms with van der Waals surface area (Å²) in [5.74, 6) is 0. The number of aliphatic hydroxyl groups excluding tert-OH is 1. The van der Waals surface area contributed by atoms with Crippen molar-refractivity contribution in [2.24, 2.45) is 0 Å². The largest absolute Gasteiger partial charge is 0.395 e. The van der Waals surface area contributed by atoms with Gasteiger partial charge < -0.3 is 10.4 Å². The van der Waals surface area contributed by atoms with Crippen LogP contribution < -0.4 is 5.32 Å². The Morgan fingerprint density at radius 2 is 1.77 bits per heavy atom. The monoisotopic (exact) mass is 239 g/mol. The summed E-state index contributed by atoms with van der Waals surface area (Å²) < 4.78 is 0. The van der Waals surface area contributed by atoms with Crippen molar-refractivity contribution in [2.75, 3.05) is 18.5 Å². The maximum absolute atomic E-state index is 8.60. The first kappa shape index (κ1) is 10.9. The fraction of sp³-hybridized carbons (Fsp3) is 0.250. The maximum atomic E-state index is 8.60. The first-order chi connectivity index (χ1) is 6.16. The fourth-order valence-electron chi connectivity index (χ4n) is 0.870. The Labute approximate surface area is 91.4 Å². The van der Waals surface area contributed by atoms with Crippen molar-refractivity contribution in [3.63, 3.8) is 0 Å². The van der Waals surface area contributed by atoms with Crippen LogP contribution in [0.1, 0.15) is 0 Å². The lowest BCUT2D eigenvalue weighted by molar-refractivity contribution is 0.311. The van der Waals surface area contributed by atoms with E-state index in [0.717, 1.165) is 0 Å². The molecule has 0 aromatic heterocycles. The van der Waals surface area contributed by atoms with E-state index in [1.54, 1.807) is 12.1 Å². The zero-order valence-corrected chi connectivity index (χ0v) is 8.92. The molecule has 0 spiro atoms. The summed E-state index contributed by atoms with van der Waals surface area (Å²) in [5, 5.41) is 12.8. The van der Waals surface area contributed by atoms with Crippen LogP contribution in [0, 0.1) is 0 Å². The van der Waals surface area contributed by atoms with Gasteiger partial charge in [-0.1, -0.05) is 34.8 Å². The van der Waals surface area contributed by atoms with Crippen LogP contribution in [0.2, 0.25) is 15.1 Å². The average Bonchev–Trinajstić information content (AvgIpc) is 2.12. The molecule has 0 aliphatic rings. The van der Waals surface area contributed by atoms with Crippen molar-refractivity contribution in [3.8, 4) is 0 Å². The molecular weight excluding hydrogens is 232 g/mol. The van der Waals surface area contributed by atoms with Gasteiger partial charge >= 0.3 is 0 Å². The topological polar surface area (TPSA) is 32.3 Å². The summed E-state index contributed by atoms with van der Waals surface area (Å²) in [6.45, 7) is 0.402. The van der Waals surface area contributed by atoms with Crippen LogP contribution in [0.5, 0.6) is 0 Å². The molecule has 2 N–H and O–H groups in total. The number of rotatable bonds is 3. The first-order valence-corrected chi connectivity index (χ1v) is 4.78. The van der Waals surface area contributed by atoms with Crippen LogP contribution in [0.25, 0.3) is 0 Å². The molecule has 0 heterocycles. The Balaban J connectivity index is 2.96. The Morgan fingerprint density at radius 3 is 2.38 bits per heavy atom. The molecule has 2 nitrogen and oxygen atoms in total. The molecule has 0 saturated heterocycles. The fourth-order valence-corrected chi connectivity index (χ4v) is 1.53. The van der Waals surface area contributed by atoms with E-state index in [1.807, 2.05) is 0 Å². The Hall–Kier alpha value is -0.150. The summed E-state index contributed by atoms with van der Waals surface area (Å²) in [6, 6.07) is 3.27. The lowest BCUT2D eigenvalue weighted by atomic mass is 10.3. The van der Waals surface area contributed by atoms with Gasteiger partial charge in [0.1, 0.15) is 0 Å². The van der Waals surface area contributed by atoms with Crippen molar-refractivity contribution in [3.05, 3.63) is 27.2 Å². The van der Waals surface area contributed by atoms with Crippen molar-refractivity contribution in [1.82, 2.24) is 0 Å². The molecule has 1 aromatic carbocycles. The minimum absolute atomic E-state index is 0.0131. The molecule has 0 saturated carbocycles. The third-order valence-electron chi connectivity index (χ3n) is 1.46. The summed E-state index contributed by atoms with van der Waals surface area (Å²) in [4.78, 5) is 0. The molecule has 0 aliphatic heterocycles. The molecule has 0 radical (unpaired) electrons. The molecule has 13 heavy (non-hydrogen) atoms. The van der Waals surface area contributed by atoms with E-state index in [4.69, 9.17) is 39.9 Å². The van der Waals surface area contributed by atoms with Crippen molar-refractivity contribution >= 4 is 40.5 Å². The molecule has 0 aliphatic carbocycles. The second-order valence-corrected chi connectivity index (χ2v) is 3.56. The maximum Gasteiger partial charge on any atom is 0.0838 e. The van der Waals surface area contributed by atoms with Crippen LogP contribution in [0.15, 0.2) is 12.1 Å². The highest BCUT2D eigenvalue weighted by atomic mass is 35.5. The number of anilines is 1. The van der Waals surface area contributed by atoms with Crippen LogP contribution in [0.3, 0.4) is 0 Å². The van der Waals surface area contributed by atoms with Gasteiger partial charge in [-0.2, -0.15) is 0 Å². The lowest BCUT2D eigenvalue weighted by Crippen LogP contribution is -2.06. The van der Waals surface area contributed by atoms with Gasteiger partial charge in [0, 0.05) is 6.54 Å². The molecule has 0 fully saturated rings. The van der Waals surface area contributed by atoms with E-state index in [9.17, 15) is 0 Å². The van der Waals surface area contributed by atoms with Crippen LogP contribution in [-0.4, -0.2) is 18.3 Å². The van der Waals surface area contributed by atoms with E-state index < -0.39 is 0 Å². The van der Waals surface area contributed by atoms with Crippen molar-refractivity contribution in [1.29, 1.82) is 0 Å². The first-order valence-electron chi connectivity index (χ1n) is 3.65. The molecule has 0 bridgehead atoms. The highest BCUT2D eigenvalue weighted by Gasteiger charge is 2.08. The normalized spacial score (nSPS) is 10.2. The van der Waals surface area contributed by atoms with Crippen molar-refractivity contribution < 1.29 is 5.11 Å². The van der Waals surface area contributed by atoms with Crippen LogP contribution in [-0.2, 0) is 0 Å². The third kappa shape index (κ3) is 2.64. The Bertz CT molecular complexity index is 304. The quantitative estimate of drug-likeness (QED) is 0.796. The number of benzene rings is 1. The zero-order chi connectivity index (χ0) is 9.84. The van der Waals surface area contributed by atoms with Gasteiger partial charge in [0.15, 0.2) is 0 Å². The summed E-state index contributed by atoms with van der Waals surface area (Å²) in [6.07, 6.45) is 0. The molecule has 5 heteroatoms. The minimum atomic E-state index is 0.0131. The molecule has 0 unspecified atom stereocenters. The molecule has 72 valence electrons. The Kier molecular flexibility index (Phi) is 4.13.